The van der Waals surface area contributed by atoms with Gasteiger partial charge in [-0.3, -0.25) is 14.1 Å². The van der Waals surface area contributed by atoms with Crippen LogP contribution >= 0.6 is 11.6 Å². The summed E-state index contributed by atoms with van der Waals surface area (Å²) in [5.74, 6) is -0.146. The molecule has 8 heteroatoms. The number of amides is 1. The topological polar surface area (TPSA) is 79.4 Å². The molecule has 0 aliphatic heterocycles. The zero-order valence-corrected chi connectivity index (χ0v) is 16.3. The quantitative estimate of drug-likeness (QED) is 0.745. The predicted molar refractivity (Wildman–Crippen MR) is 104 cm³/mol. The fourth-order valence-corrected chi connectivity index (χ4v) is 3.66. The second-order valence-corrected chi connectivity index (χ2v) is 8.31. The molecule has 0 radical (unpaired) electrons. The average molecular weight is 396 g/mol. The van der Waals surface area contributed by atoms with Crippen molar-refractivity contribution in [1.29, 1.82) is 0 Å². The molecule has 0 bridgehead atoms. The third-order valence-electron chi connectivity index (χ3n) is 3.80. The third-order valence-corrected chi connectivity index (χ3v) is 5.21. The van der Waals surface area contributed by atoms with E-state index in [1.165, 1.54) is 4.31 Å². The number of nitrogens with one attached hydrogen (secondary N) is 1. The second kappa shape index (κ2) is 9.00. The Hall–Kier alpha value is -2.12. The van der Waals surface area contributed by atoms with E-state index in [1.54, 1.807) is 24.4 Å². The van der Waals surface area contributed by atoms with E-state index in [1.807, 2.05) is 25.1 Å². The van der Waals surface area contributed by atoms with E-state index in [4.69, 9.17) is 11.6 Å². The zero-order valence-electron chi connectivity index (χ0n) is 14.8. The van der Waals surface area contributed by atoms with Crippen molar-refractivity contribution in [1.82, 2.24) is 10.3 Å². The second-order valence-electron chi connectivity index (χ2n) is 5.97. The average Bonchev–Trinajstić information content (AvgIpc) is 2.59. The van der Waals surface area contributed by atoms with Crippen LogP contribution in [-0.2, 0) is 21.4 Å². The number of carbonyl (C=O) groups is 1. The number of pyridine rings is 1. The number of hydrogen-bond acceptors (Lipinski definition) is 4. The highest BCUT2D eigenvalue weighted by Crippen LogP contribution is 2.26. The maximum absolute atomic E-state index is 12.2. The molecule has 0 saturated heterocycles. The Balaban J connectivity index is 1.94. The number of carbonyl (C=O) groups excluding carboxylic acids is 1. The lowest BCUT2D eigenvalue weighted by Gasteiger charge is -2.24. The first-order chi connectivity index (χ1) is 12.3. The summed E-state index contributed by atoms with van der Waals surface area (Å²) in [4.78, 5) is 16.1. The summed E-state index contributed by atoms with van der Waals surface area (Å²) in [5, 5.41) is 3.25. The highest BCUT2D eigenvalue weighted by molar-refractivity contribution is 7.92. The van der Waals surface area contributed by atoms with Crippen LogP contribution in [-0.4, -0.2) is 32.1 Å². The Morgan fingerprint density at radius 1 is 1.27 bits per heavy atom. The van der Waals surface area contributed by atoms with E-state index < -0.39 is 10.0 Å². The molecule has 1 aromatic carbocycles. The summed E-state index contributed by atoms with van der Waals surface area (Å²) in [7, 11) is -3.48. The normalized spacial score (nSPS) is 11.2. The van der Waals surface area contributed by atoms with Crippen LogP contribution < -0.4 is 9.62 Å². The number of anilines is 1. The van der Waals surface area contributed by atoms with Crippen LogP contribution in [0.3, 0.4) is 0 Å². The molecule has 0 atom stereocenters. The van der Waals surface area contributed by atoms with Crippen molar-refractivity contribution in [3.63, 3.8) is 0 Å². The summed E-state index contributed by atoms with van der Waals surface area (Å²) in [6.45, 7) is 2.38. The van der Waals surface area contributed by atoms with E-state index in [-0.39, 0.29) is 18.9 Å². The number of benzene rings is 1. The summed E-state index contributed by atoms with van der Waals surface area (Å²) in [5.41, 5.74) is 2.11. The number of aromatic nitrogens is 1. The Morgan fingerprint density at radius 3 is 2.69 bits per heavy atom. The highest BCUT2D eigenvalue weighted by atomic mass is 35.5. The van der Waals surface area contributed by atoms with Crippen molar-refractivity contribution >= 4 is 33.2 Å². The van der Waals surface area contributed by atoms with Crippen LogP contribution in [0.2, 0.25) is 5.02 Å². The summed E-state index contributed by atoms with van der Waals surface area (Å²) >= 11 is 6.00. The maximum Gasteiger partial charge on any atom is 0.232 e. The van der Waals surface area contributed by atoms with Gasteiger partial charge in [-0.1, -0.05) is 23.7 Å². The van der Waals surface area contributed by atoms with Crippen LogP contribution in [0.25, 0.3) is 0 Å². The van der Waals surface area contributed by atoms with Gasteiger partial charge in [0.15, 0.2) is 0 Å². The van der Waals surface area contributed by atoms with E-state index in [9.17, 15) is 13.2 Å². The first-order valence-electron chi connectivity index (χ1n) is 8.18. The summed E-state index contributed by atoms with van der Waals surface area (Å²) in [6.07, 6.45) is 3.43. The first-order valence-corrected chi connectivity index (χ1v) is 10.4. The highest BCUT2D eigenvalue weighted by Gasteiger charge is 2.19. The van der Waals surface area contributed by atoms with Gasteiger partial charge < -0.3 is 5.32 Å². The fraction of sp³-hybridized carbons (Fsp3) is 0.333. The minimum atomic E-state index is -3.48. The molecule has 0 unspecified atom stereocenters. The molecule has 1 amide bonds. The van der Waals surface area contributed by atoms with Crippen molar-refractivity contribution < 1.29 is 13.2 Å². The number of rotatable bonds is 8. The van der Waals surface area contributed by atoms with Crippen molar-refractivity contribution in [2.45, 2.75) is 26.3 Å². The summed E-state index contributed by atoms with van der Waals surface area (Å²) in [6, 6.07) is 10.6. The van der Waals surface area contributed by atoms with Crippen molar-refractivity contribution in [3.8, 4) is 0 Å². The molecule has 1 aromatic heterocycles. The fourth-order valence-electron chi connectivity index (χ4n) is 2.48. The molecule has 26 heavy (non-hydrogen) atoms. The number of sulfonamides is 1. The largest absolute Gasteiger partial charge is 0.350 e. The molecule has 0 aliphatic rings. The molecule has 0 fully saturated rings. The zero-order chi connectivity index (χ0) is 19.2. The SMILES string of the molecule is Cc1ccc(Cl)cc1N(CCCC(=O)NCc1ccccn1)S(C)(=O)=O. The van der Waals surface area contributed by atoms with E-state index in [0.29, 0.717) is 23.7 Å². The van der Waals surface area contributed by atoms with Crippen LogP contribution in [0, 0.1) is 6.92 Å². The monoisotopic (exact) mass is 395 g/mol. The minimum Gasteiger partial charge on any atom is -0.350 e. The Morgan fingerprint density at radius 2 is 2.04 bits per heavy atom. The molecule has 2 aromatic rings. The smallest absolute Gasteiger partial charge is 0.232 e. The molecule has 6 nitrogen and oxygen atoms in total. The number of aryl methyl sites for hydroxylation is 1. The van der Waals surface area contributed by atoms with Crippen molar-refractivity contribution in [2.75, 3.05) is 17.1 Å². The van der Waals surface area contributed by atoms with Crippen LogP contribution in [0.4, 0.5) is 5.69 Å². The van der Waals surface area contributed by atoms with E-state index >= 15 is 0 Å². The van der Waals surface area contributed by atoms with Gasteiger partial charge in [0.1, 0.15) is 0 Å². The van der Waals surface area contributed by atoms with Crippen molar-refractivity contribution in [2.24, 2.45) is 0 Å². The molecule has 0 saturated carbocycles. The lowest BCUT2D eigenvalue weighted by Crippen LogP contribution is -2.32. The van der Waals surface area contributed by atoms with Gasteiger partial charge in [-0.05, 0) is 43.2 Å². The Labute approximate surface area is 159 Å². The van der Waals surface area contributed by atoms with Gasteiger partial charge in [-0.15, -0.1) is 0 Å². The Kier molecular flexibility index (Phi) is 6.99. The lowest BCUT2D eigenvalue weighted by molar-refractivity contribution is -0.121. The van der Waals surface area contributed by atoms with Gasteiger partial charge in [-0.25, -0.2) is 8.42 Å². The molecule has 0 spiro atoms. The molecular formula is C18H22ClN3O3S. The molecule has 1 heterocycles. The number of nitrogens with zero attached hydrogens (tertiary/aromatic N) is 2. The maximum atomic E-state index is 12.2. The first kappa shape index (κ1) is 20.2. The van der Waals surface area contributed by atoms with Crippen LogP contribution in [0.15, 0.2) is 42.6 Å². The van der Waals surface area contributed by atoms with Gasteiger partial charge >= 0.3 is 0 Å². The van der Waals surface area contributed by atoms with Gasteiger partial charge in [0, 0.05) is 24.2 Å². The number of halogens is 1. The van der Waals surface area contributed by atoms with Crippen molar-refractivity contribution in [3.05, 3.63) is 58.9 Å². The standard InChI is InChI=1S/C18H22ClN3O3S/c1-14-8-9-15(19)12-17(14)22(26(2,24)25)11-5-7-18(23)21-13-16-6-3-4-10-20-16/h3-4,6,8-10,12H,5,7,11,13H2,1-2H3,(H,21,23). The molecule has 2 rings (SSSR count). The molecule has 1 N–H and O–H groups in total. The molecular weight excluding hydrogens is 374 g/mol. The van der Waals surface area contributed by atoms with Gasteiger partial charge in [0.2, 0.25) is 15.9 Å². The van der Waals surface area contributed by atoms with Gasteiger partial charge in [0.05, 0.1) is 24.2 Å². The van der Waals surface area contributed by atoms with Gasteiger partial charge in [-0.2, -0.15) is 0 Å². The van der Waals surface area contributed by atoms with E-state index in [0.717, 1.165) is 17.5 Å². The molecule has 140 valence electrons. The van der Waals surface area contributed by atoms with Crippen LogP contribution in [0.5, 0.6) is 0 Å². The third kappa shape index (κ3) is 6.00. The minimum absolute atomic E-state index is 0.146. The number of hydrogen-bond donors (Lipinski definition) is 1. The summed E-state index contributed by atoms with van der Waals surface area (Å²) < 4.78 is 25.6. The lowest BCUT2D eigenvalue weighted by atomic mass is 10.2. The van der Waals surface area contributed by atoms with E-state index in [2.05, 4.69) is 10.3 Å². The Bertz CT molecular complexity index is 857. The molecule has 0 aliphatic carbocycles. The van der Waals surface area contributed by atoms with Crippen LogP contribution in [0.1, 0.15) is 24.1 Å². The predicted octanol–water partition coefficient (Wildman–Crippen LogP) is 2.91. The van der Waals surface area contributed by atoms with Gasteiger partial charge in [0.25, 0.3) is 0 Å².